The Labute approximate surface area is 128 Å². The van der Waals surface area contributed by atoms with E-state index in [2.05, 4.69) is 15.0 Å². The molecule has 0 bridgehead atoms. The molecule has 0 saturated carbocycles. The van der Waals surface area contributed by atoms with Crippen molar-refractivity contribution < 1.29 is 8.42 Å². The van der Waals surface area contributed by atoms with Gasteiger partial charge in [-0.2, -0.15) is 4.31 Å². The summed E-state index contributed by atoms with van der Waals surface area (Å²) in [5.41, 5.74) is 5.51. The van der Waals surface area contributed by atoms with Crippen LogP contribution >= 0.6 is 0 Å². The minimum absolute atomic E-state index is 0.0794. The minimum atomic E-state index is -3.53. The zero-order valence-electron chi connectivity index (χ0n) is 12.1. The second kappa shape index (κ2) is 5.54. The summed E-state index contributed by atoms with van der Waals surface area (Å²) in [4.78, 5) is 14.1. The Balaban J connectivity index is 1.70. The molecular weight excluding hydrogens is 306 g/mol. The van der Waals surface area contributed by atoms with E-state index in [1.807, 2.05) is 4.90 Å². The van der Waals surface area contributed by atoms with Gasteiger partial charge < -0.3 is 15.2 Å². The SMILES string of the molecule is Cn1cnc(S(=O)(=O)N2CCN(c3cnc(N)cn3)CC2)c1. The Hall–Kier alpha value is -2.20. The number of imidazole rings is 1. The summed E-state index contributed by atoms with van der Waals surface area (Å²) >= 11 is 0. The largest absolute Gasteiger partial charge is 0.382 e. The highest BCUT2D eigenvalue weighted by Crippen LogP contribution is 2.18. The standard InChI is InChI=1S/C12H17N7O2S/c1-17-8-12(16-9-17)22(20,21)19-4-2-18(3-5-19)11-7-14-10(13)6-15-11/h6-9H,2-5H2,1H3,(H2,13,14). The van der Waals surface area contributed by atoms with Crippen LogP contribution in [0.4, 0.5) is 11.6 Å². The molecule has 3 rings (SSSR count). The van der Waals surface area contributed by atoms with Crippen LogP contribution in [0.2, 0.25) is 0 Å². The van der Waals surface area contributed by atoms with E-state index in [1.54, 1.807) is 17.8 Å². The molecule has 1 aliphatic heterocycles. The van der Waals surface area contributed by atoms with Crippen LogP contribution in [0.15, 0.2) is 29.9 Å². The van der Waals surface area contributed by atoms with E-state index in [-0.39, 0.29) is 5.03 Å². The Morgan fingerprint density at radius 1 is 1.09 bits per heavy atom. The van der Waals surface area contributed by atoms with Crippen LogP contribution in [0.3, 0.4) is 0 Å². The van der Waals surface area contributed by atoms with Crippen molar-refractivity contribution in [3.05, 3.63) is 24.9 Å². The van der Waals surface area contributed by atoms with E-state index in [4.69, 9.17) is 5.73 Å². The molecule has 2 aromatic rings. The van der Waals surface area contributed by atoms with Gasteiger partial charge in [-0.25, -0.2) is 23.4 Å². The first-order chi connectivity index (χ1) is 10.5. The van der Waals surface area contributed by atoms with Crippen molar-refractivity contribution in [2.45, 2.75) is 5.03 Å². The molecule has 3 heterocycles. The van der Waals surface area contributed by atoms with Crippen molar-refractivity contribution >= 4 is 21.7 Å². The van der Waals surface area contributed by atoms with E-state index in [0.29, 0.717) is 37.8 Å². The molecule has 0 aliphatic carbocycles. The molecule has 1 fully saturated rings. The second-order valence-corrected chi connectivity index (χ2v) is 6.95. The second-order valence-electron chi connectivity index (χ2n) is 5.07. The van der Waals surface area contributed by atoms with Crippen molar-refractivity contribution in [3.63, 3.8) is 0 Å². The quantitative estimate of drug-likeness (QED) is 0.795. The van der Waals surface area contributed by atoms with Crippen LogP contribution in [0.5, 0.6) is 0 Å². The molecule has 118 valence electrons. The smallest absolute Gasteiger partial charge is 0.262 e. The van der Waals surface area contributed by atoms with Gasteiger partial charge in [-0.3, -0.25) is 0 Å². The summed E-state index contributed by atoms with van der Waals surface area (Å²) in [5.74, 6) is 1.06. The summed E-state index contributed by atoms with van der Waals surface area (Å²) in [7, 11) is -1.80. The molecule has 0 atom stereocenters. The summed E-state index contributed by atoms with van der Waals surface area (Å²) in [6.07, 6.45) is 6.07. The number of hydrogen-bond donors (Lipinski definition) is 1. The Morgan fingerprint density at radius 2 is 1.82 bits per heavy atom. The molecule has 1 saturated heterocycles. The molecule has 0 unspecified atom stereocenters. The zero-order chi connectivity index (χ0) is 15.7. The number of aryl methyl sites for hydroxylation is 1. The molecule has 1 aliphatic rings. The number of sulfonamides is 1. The van der Waals surface area contributed by atoms with Crippen LogP contribution in [0, 0.1) is 0 Å². The maximum atomic E-state index is 12.5. The number of nitrogens with two attached hydrogens (primary N) is 1. The van der Waals surface area contributed by atoms with Gasteiger partial charge in [0.2, 0.25) is 0 Å². The summed E-state index contributed by atoms with van der Waals surface area (Å²) < 4.78 is 28.0. The van der Waals surface area contributed by atoms with Crippen molar-refractivity contribution in [1.82, 2.24) is 23.8 Å². The Morgan fingerprint density at radius 3 is 2.36 bits per heavy atom. The van der Waals surface area contributed by atoms with E-state index in [9.17, 15) is 8.42 Å². The fourth-order valence-corrected chi connectivity index (χ4v) is 3.69. The first-order valence-corrected chi connectivity index (χ1v) is 8.21. The lowest BCUT2D eigenvalue weighted by molar-refractivity contribution is 0.382. The number of nitrogen functional groups attached to an aromatic ring is 1. The average molecular weight is 323 g/mol. The molecule has 0 aromatic carbocycles. The highest BCUT2D eigenvalue weighted by molar-refractivity contribution is 7.89. The molecule has 0 amide bonds. The lowest BCUT2D eigenvalue weighted by Gasteiger charge is -2.34. The first-order valence-electron chi connectivity index (χ1n) is 6.77. The Bertz CT molecular complexity index is 748. The summed E-state index contributed by atoms with van der Waals surface area (Å²) in [6.45, 7) is 1.85. The van der Waals surface area contributed by atoms with E-state index in [0.717, 1.165) is 0 Å². The summed E-state index contributed by atoms with van der Waals surface area (Å²) in [5, 5.41) is 0.0794. The minimum Gasteiger partial charge on any atom is -0.382 e. The van der Waals surface area contributed by atoms with Gasteiger partial charge in [-0.1, -0.05) is 0 Å². The number of nitrogens with zero attached hydrogens (tertiary/aromatic N) is 6. The highest BCUT2D eigenvalue weighted by atomic mass is 32.2. The van der Waals surface area contributed by atoms with Crippen molar-refractivity contribution in [2.24, 2.45) is 7.05 Å². The normalized spacial score (nSPS) is 16.9. The first kappa shape index (κ1) is 14.7. The average Bonchev–Trinajstić information content (AvgIpc) is 2.96. The molecule has 0 spiro atoms. The van der Waals surface area contributed by atoms with Gasteiger partial charge in [0.15, 0.2) is 5.03 Å². The molecule has 10 heteroatoms. The monoisotopic (exact) mass is 323 g/mol. The lowest BCUT2D eigenvalue weighted by atomic mass is 10.3. The summed E-state index contributed by atoms with van der Waals surface area (Å²) in [6, 6.07) is 0. The Kier molecular flexibility index (Phi) is 3.71. The fraction of sp³-hybridized carbons (Fsp3) is 0.417. The van der Waals surface area contributed by atoms with E-state index >= 15 is 0 Å². The lowest BCUT2D eigenvalue weighted by Crippen LogP contribution is -2.49. The van der Waals surface area contributed by atoms with Gasteiger partial charge in [-0.05, 0) is 0 Å². The molecule has 2 aromatic heterocycles. The van der Waals surface area contributed by atoms with E-state index < -0.39 is 10.0 Å². The van der Waals surface area contributed by atoms with Gasteiger partial charge in [-0.15, -0.1) is 0 Å². The molecule has 0 radical (unpaired) electrons. The zero-order valence-corrected chi connectivity index (χ0v) is 12.9. The van der Waals surface area contributed by atoms with Gasteiger partial charge in [0, 0.05) is 39.4 Å². The van der Waals surface area contributed by atoms with Crippen LogP contribution in [-0.4, -0.2) is 58.4 Å². The fourth-order valence-electron chi connectivity index (χ4n) is 2.31. The van der Waals surface area contributed by atoms with Gasteiger partial charge >= 0.3 is 0 Å². The van der Waals surface area contributed by atoms with Gasteiger partial charge in [0.25, 0.3) is 10.0 Å². The maximum Gasteiger partial charge on any atom is 0.262 e. The molecule has 22 heavy (non-hydrogen) atoms. The van der Waals surface area contributed by atoms with Crippen LogP contribution in [-0.2, 0) is 17.1 Å². The number of rotatable bonds is 3. The predicted octanol–water partition coefficient (Wildman–Crippen LogP) is -0.697. The third-order valence-corrected chi connectivity index (χ3v) is 5.29. The van der Waals surface area contributed by atoms with Crippen molar-refractivity contribution in [2.75, 3.05) is 36.8 Å². The third-order valence-electron chi connectivity index (χ3n) is 3.51. The number of aromatic nitrogens is 4. The van der Waals surface area contributed by atoms with E-state index in [1.165, 1.54) is 23.0 Å². The van der Waals surface area contributed by atoms with Crippen molar-refractivity contribution in [1.29, 1.82) is 0 Å². The van der Waals surface area contributed by atoms with Crippen LogP contribution < -0.4 is 10.6 Å². The predicted molar refractivity (Wildman–Crippen MR) is 80.6 cm³/mol. The maximum absolute atomic E-state index is 12.5. The van der Waals surface area contributed by atoms with Gasteiger partial charge in [0.1, 0.15) is 11.6 Å². The number of piperazine rings is 1. The van der Waals surface area contributed by atoms with Crippen molar-refractivity contribution in [3.8, 4) is 0 Å². The van der Waals surface area contributed by atoms with Crippen LogP contribution in [0.1, 0.15) is 0 Å². The molecule has 2 N–H and O–H groups in total. The third kappa shape index (κ3) is 2.74. The molecular formula is C12H17N7O2S. The molecule has 9 nitrogen and oxygen atoms in total. The number of hydrogen-bond acceptors (Lipinski definition) is 7. The van der Waals surface area contributed by atoms with Gasteiger partial charge in [0.05, 0.1) is 18.7 Å². The van der Waals surface area contributed by atoms with Crippen LogP contribution in [0.25, 0.3) is 0 Å². The number of anilines is 2. The topological polar surface area (TPSA) is 110 Å². The highest BCUT2D eigenvalue weighted by Gasteiger charge is 2.30.